The molecule has 1 aliphatic heterocycles. The van der Waals surface area contributed by atoms with E-state index < -0.39 is 0 Å². The van der Waals surface area contributed by atoms with Crippen molar-refractivity contribution in [3.8, 4) is 0 Å². The third-order valence-electron chi connectivity index (χ3n) is 5.25. The first-order chi connectivity index (χ1) is 14.9. The molecule has 1 saturated heterocycles. The molecule has 2 aromatic carbocycles. The van der Waals surface area contributed by atoms with Gasteiger partial charge in [0.25, 0.3) is 0 Å². The summed E-state index contributed by atoms with van der Waals surface area (Å²) in [4.78, 5) is 29.3. The van der Waals surface area contributed by atoms with Crippen molar-refractivity contribution in [2.24, 2.45) is 0 Å². The maximum atomic E-state index is 12.9. The van der Waals surface area contributed by atoms with Crippen molar-refractivity contribution < 1.29 is 14.0 Å². The highest BCUT2D eigenvalue weighted by atomic mass is 32.2. The number of nitrogens with zero attached hydrogens (tertiary/aromatic N) is 2. The molecule has 1 heterocycles. The van der Waals surface area contributed by atoms with Gasteiger partial charge in [-0.2, -0.15) is 0 Å². The van der Waals surface area contributed by atoms with Gasteiger partial charge >= 0.3 is 0 Å². The van der Waals surface area contributed by atoms with Gasteiger partial charge in [-0.05, 0) is 49.9 Å². The smallest absolute Gasteiger partial charge is 0.234 e. The second-order valence-corrected chi connectivity index (χ2v) is 8.97. The fraction of sp³-hybridized carbons (Fsp3) is 0.391. The van der Waals surface area contributed by atoms with Gasteiger partial charge in [-0.15, -0.1) is 11.8 Å². The zero-order chi connectivity index (χ0) is 22.2. The van der Waals surface area contributed by atoms with Crippen LogP contribution in [0, 0.1) is 5.82 Å². The summed E-state index contributed by atoms with van der Waals surface area (Å²) >= 11 is 1.27. The number of carbonyl (C=O) groups is 2. The molecule has 2 amide bonds. The molecular formula is C23H29FN4O2S. The van der Waals surface area contributed by atoms with E-state index in [4.69, 9.17) is 0 Å². The number of likely N-dealkylation sites (N-methyl/N-ethyl adjacent to an activating group) is 1. The number of hydrogen-bond acceptors (Lipinski definition) is 5. The lowest BCUT2D eigenvalue weighted by molar-refractivity contribution is -0.120. The number of halogens is 1. The molecule has 2 aromatic rings. The van der Waals surface area contributed by atoms with E-state index in [1.807, 2.05) is 18.2 Å². The molecule has 0 radical (unpaired) electrons. The molecule has 0 aliphatic carbocycles. The molecule has 1 fully saturated rings. The van der Waals surface area contributed by atoms with E-state index >= 15 is 0 Å². The van der Waals surface area contributed by atoms with E-state index in [1.165, 1.54) is 36.0 Å². The maximum Gasteiger partial charge on any atom is 0.234 e. The van der Waals surface area contributed by atoms with Gasteiger partial charge in [-0.3, -0.25) is 9.59 Å². The van der Waals surface area contributed by atoms with E-state index in [-0.39, 0.29) is 28.6 Å². The van der Waals surface area contributed by atoms with Crippen molar-refractivity contribution in [2.75, 3.05) is 49.2 Å². The Morgan fingerprint density at radius 1 is 1.06 bits per heavy atom. The molecule has 0 saturated carbocycles. The summed E-state index contributed by atoms with van der Waals surface area (Å²) in [6.45, 7) is 6.22. The largest absolute Gasteiger partial charge is 0.369 e. The fourth-order valence-corrected chi connectivity index (χ4v) is 4.06. The first-order valence-corrected chi connectivity index (χ1v) is 11.4. The Balaban J connectivity index is 1.46. The minimum atomic E-state index is -0.366. The van der Waals surface area contributed by atoms with Crippen LogP contribution in [0.4, 0.5) is 15.8 Å². The molecule has 3 rings (SSSR count). The lowest BCUT2D eigenvalue weighted by Gasteiger charge is -2.35. The molecule has 0 spiro atoms. The first kappa shape index (κ1) is 23.1. The van der Waals surface area contributed by atoms with Crippen molar-refractivity contribution in [1.82, 2.24) is 10.2 Å². The maximum absolute atomic E-state index is 12.9. The number of benzene rings is 2. The van der Waals surface area contributed by atoms with E-state index in [2.05, 4.69) is 33.5 Å². The second kappa shape index (κ2) is 11.2. The van der Waals surface area contributed by atoms with E-state index in [1.54, 1.807) is 6.92 Å². The minimum absolute atomic E-state index is 0.104. The normalized spacial score (nSPS) is 15.4. The van der Waals surface area contributed by atoms with Crippen LogP contribution < -0.4 is 15.5 Å². The summed E-state index contributed by atoms with van der Waals surface area (Å²) in [6, 6.07) is 13.7. The van der Waals surface area contributed by atoms with Gasteiger partial charge in [0.2, 0.25) is 11.8 Å². The summed E-state index contributed by atoms with van der Waals surface area (Å²) in [5.41, 5.74) is 2.78. The van der Waals surface area contributed by atoms with Crippen LogP contribution in [0.1, 0.15) is 12.5 Å². The summed E-state index contributed by atoms with van der Waals surface area (Å²) < 4.78 is 12.9. The van der Waals surface area contributed by atoms with Gasteiger partial charge in [-0.25, -0.2) is 4.39 Å². The molecule has 8 heteroatoms. The number of piperazine rings is 1. The van der Waals surface area contributed by atoms with Crippen molar-refractivity contribution in [3.05, 3.63) is 59.9 Å². The van der Waals surface area contributed by atoms with Crippen molar-refractivity contribution in [1.29, 1.82) is 0 Å². The zero-order valence-corrected chi connectivity index (χ0v) is 18.8. The van der Waals surface area contributed by atoms with Gasteiger partial charge in [0.15, 0.2) is 0 Å². The van der Waals surface area contributed by atoms with Crippen LogP contribution in [0.3, 0.4) is 0 Å². The monoisotopic (exact) mass is 444 g/mol. The Labute approximate surface area is 187 Å². The first-order valence-electron chi connectivity index (χ1n) is 10.4. The number of nitrogens with one attached hydrogen (secondary N) is 2. The summed E-state index contributed by atoms with van der Waals surface area (Å²) in [6.07, 6.45) is 0. The van der Waals surface area contributed by atoms with Crippen LogP contribution in [0.25, 0.3) is 0 Å². The van der Waals surface area contributed by atoms with Crippen molar-refractivity contribution in [3.63, 3.8) is 0 Å². The van der Waals surface area contributed by atoms with Crippen LogP contribution in [0.15, 0.2) is 48.5 Å². The number of rotatable bonds is 8. The molecule has 1 aliphatic rings. The van der Waals surface area contributed by atoms with E-state index in [0.29, 0.717) is 12.2 Å². The third kappa shape index (κ3) is 6.97. The number of anilines is 2. The highest BCUT2D eigenvalue weighted by molar-refractivity contribution is 8.01. The van der Waals surface area contributed by atoms with Crippen LogP contribution >= 0.6 is 11.8 Å². The van der Waals surface area contributed by atoms with E-state index in [9.17, 15) is 14.0 Å². The average molecular weight is 445 g/mol. The zero-order valence-electron chi connectivity index (χ0n) is 17.9. The van der Waals surface area contributed by atoms with E-state index in [0.717, 1.165) is 37.4 Å². The molecule has 0 aromatic heterocycles. The fourth-order valence-electron chi connectivity index (χ4n) is 3.35. The Bertz CT molecular complexity index is 885. The number of thioether (sulfide) groups is 1. The topological polar surface area (TPSA) is 64.7 Å². The molecule has 6 nitrogen and oxygen atoms in total. The molecule has 166 valence electrons. The Kier molecular flexibility index (Phi) is 8.31. The van der Waals surface area contributed by atoms with Crippen LogP contribution in [0.2, 0.25) is 0 Å². The Morgan fingerprint density at radius 2 is 1.74 bits per heavy atom. The number of hydrogen-bond donors (Lipinski definition) is 2. The number of para-hydroxylation sites is 1. The van der Waals surface area contributed by atoms with Crippen LogP contribution in [-0.4, -0.2) is 60.9 Å². The van der Waals surface area contributed by atoms with Gasteiger partial charge < -0.3 is 20.4 Å². The SMILES string of the molecule is CC(SCC(=O)Nc1ccc(F)cc1)C(=O)NCc1ccccc1N1CCN(C)CC1. The quantitative estimate of drug-likeness (QED) is 0.656. The molecule has 0 bridgehead atoms. The predicted octanol–water partition coefficient (Wildman–Crippen LogP) is 2.95. The second-order valence-electron chi connectivity index (χ2n) is 7.65. The molecule has 31 heavy (non-hydrogen) atoms. The lowest BCUT2D eigenvalue weighted by atomic mass is 10.1. The summed E-state index contributed by atoms with van der Waals surface area (Å²) in [5, 5.41) is 5.33. The molecule has 2 N–H and O–H groups in total. The van der Waals surface area contributed by atoms with Crippen molar-refractivity contribution in [2.45, 2.75) is 18.7 Å². The number of amides is 2. The highest BCUT2D eigenvalue weighted by Gasteiger charge is 2.19. The van der Waals surface area contributed by atoms with Gasteiger partial charge in [-0.1, -0.05) is 18.2 Å². The minimum Gasteiger partial charge on any atom is -0.369 e. The van der Waals surface area contributed by atoms with Crippen LogP contribution in [0.5, 0.6) is 0 Å². The van der Waals surface area contributed by atoms with Gasteiger partial charge in [0.1, 0.15) is 5.82 Å². The number of carbonyl (C=O) groups excluding carboxylic acids is 2. The standard InChI is InChI=1S/C23H29FN4O2S/c1-17(31-16-22(29)26-20-9-7-19(24)8-10-20)23(30)25-15-18-5-3-4-6-21(18)28-13-11-27(2)12-14-28/h3-10,17H,11-16H2,1-2H3,(H,25,30)(H,26,29). The lowest BCUT2D eigenvalue weighted by Crippen LogP contribution is -2.45. The van der Waals surface area contributed by atoms with Gasteiger partial charge in [0, 0.05) is 44.1 Å². The summed E-state index contributed by atoms with van der Waals surface area (Å²) in [7, 11) is 2.13. The molecule has 1 atom stereocenters. The molecular weight excluding hydrogens is 415 g/mol. The Hall–Kier alpha value is -2.58. The Morgan fingerprint density at radius 3 is 2.45 bits per heavy atom. The molecule has 1 unspecified atom stereocenters. The van der Waals surface area contributed by atoms with Crippen molar-refractivity contribution >= 4 is 35.0 Å². The third-order valence-corrected chi connectivity index (χ3v) is 6.39. The predicted molar refractivity (Wildman–Crippen MR) is 125 cm³/mol. The van der Waals surface area contributed by atoms with Gasteiger partial charge in [0.05, 0.1) is 11.0 Å². The van der Waals surface area contributed by atoms with Crippen LogP contribution in [-0.2, 0) is 16.1 Å². The summed E-state index contributed by atoms with van der Waals surface area (Å²) in [5.74, 6) is -0.541. The highest BCUT2D eigenvalue weighted by Crippen LogP contribution is 2.22. The average Bonchev–Trinajstić information content (AvgIpc) is 2.78.